The average molecular weight is 327 g/mol. The summed E-state index contributed by atoms with van der Waals surface area (Å²) in [6.45, 7) is 1.16. The summed E-state index contributed by atoms with van der Waals surface area (Å²) in [5.74, 6) is -3.90. The lowest BCUT2D eigenvalue weighted by Gasteiger charge is -2.27. The van der Waals surface area contributed by atoms with Gasteiger partial charge in [0.15, 0.2) is 22.2 Å². The van der Waals surface area contributed by atoms with E-state index in [0.717, 1.165) is 17.8 Å². The Labute approximate surface area is 128 Å². The summed E-state index contributed by atoms with van der Waals surface area (Å²) < 4.78 is 39.7. The third-order valence-corrected chi connectivity index (χ3v) is 3.84. The lowest BCUT2D eigenvalue weighted by molar-refractivity contribution is 0.240. The summed E-state index contributed by atoms with van der Waals surface area (Å²) in [7, 11) is 0. The summed E-state index contributed by atoms with van der Waals surface area (Å²) >= 11 is 4.92. The Morgan fingerprint density at radius 2 is 1.86 bits per heavy atom. The van der Waals surface area contributed by atoms with E-state index in [4.69, 9.17) is 12.2 Å². The van der Waals surface area contributed by atoms with Gasteiger partial charge in [0.2, 0.25) is 0 Å². The molecule has 2 aromatic rings. The molecule has 0 saturated heterocycles. The van der Waals surface area contributed by atoms with E-state index in [-0.39, 0.29) is 16.9 Å². The van der Waals surface area contributed by atoms with Crippen molar-refractivity contribution in [2.24, 2.45) is 0 Å². The number of H-pyrrole nitrogens is 2. The van der Waals surface area contributed by atoms with Crippen LogP contribution in [0.5, 0.6) is 0 Å². The molecule has 1 aliphatic heterocycles. The van der Waals surface area contributed by atoms with E-state index >= 15 is 0 Å². The number of fused-ring (bicyclic) bond motifs is 1. The maximum atomic E-state index is 13.2. The third kappa shape index (κ3) is 2.84. The molecule has 0 spiro atoms. The van der Waals surface area contributed by atoms with Crippen LogP contribution in [0.3, 0.4) is 0 Å². The molecule has 0 atom stereocenters. The molecule has 4 nitrogen and oxygen atoms in total. The van der Waals surface area contributed by atoms with Crippen molar-refractivity contribution in [3.63, 3.8) is 0 Å². The minimum absolute atomic E-state index is 0.225. The standard InChI is InChI=1S/C14H12F3N3OS/c15-9-3-7(4-10(16)12(9)17)5-20-2-1-11-8(6-20)13(21)19-14(22)18-11/h3-4H,1-2,5-6H2,(H2,18,19,21,22). The van der Waals surface area contributed by atoms with Gasteiger partial charge in [0.1, 0.15) is 0 Å². The van der Waals surface area contributed by atoms with Crippen LogP contribution in [-0.4, -0.2) is 21.4 Å². The van der Waals surface area contributed by atoms with Crippen LogP contribution in [0, 0.1) is 22.2 Å². The van der Waals surface area contributed by atoms with Gasteiger partial charge in [-0.1, -0.05) is 0 Å². The molecule has 1 aromatic heterocycles. The highest BCUT2D eigenvalue weighted by Gasteiger charge is 2.20. The maximum Gasteiger partial charge on any atom is 0.256 e. The lowest BCUT2D eigenvalue weighted by Crippen LogP contribution is -2.35. The van der Waals surface area contributed by atoms with E-state index < -0.39 is 17.5 Å². The number of halogens is 3. The molecule has 22 heavy (non-hydrogen) atoms. The van der Waals surface area contributed by atoms with Gasteiger partial charge in [0.05, 0.1) is 5.56 Å². The Morgan fingerprint density at radius 3 is 2.55 bits per heavy atom. The van der Waals surface area contributed by atoms with E-state index in [0.29, 0.717) is 30.6 Å². The van der Waals surface area contributed by atoms with Crippen molar-refractivity contribution in [3.05, 3.63) is 61.5 Å². The molecule has 0 radical (unpaired) electrons. The minimum Gasteiger partial charge on any atom is -0.335 e. The molecule has 8 heteroatoms. The van der Waals surface area contributed by atoms with E-state index in [9.17, 15) is 18.0 Å². The number of nitrogens with zero attached hydrogens (tertiary/aromatic N) is 1. The first-order chi connectivity index (χ1) is 10.4. The summed E-state index contributed by atoms with van der Waals surface area (Å²) in [6.07, 6.45) is 0.578. The summed E-state index contributed by atoms with van der Waals surface area (Å²) in [5.41, 5.74) is 1.39. The van der Waals surface area contributed by atoms with Crippen LogP contribution in [0.2, 0.25) is 0 Å². The molecule has 0 fully saturated rings. The van der Waals surface area contributed by atoms with Gasteiger partial charge in [-0.05, 0) is 29.9 Å². The van der Waals surface area contributed by atoms with Crippen LogP contribution in [0.15, 0.2) is 16.9 Å². The van der Waals surface area contributed by atoms with Gasteiger partial charge in [-0.2, -0.15) is 0 Å². The van der Waals surface area contributed by atoms with E-state index in [1.54, 1.807) is 0 Å². The van der Waals surface area contributed by atoms with Crippen LogP contribution < -0.4 is 5.56 Å². The van der Waals surface area contributed by atoms with Crippen molar-refractivity contribution >= 4 is 12.2 Å². The van der Waals surface area contributed by atoms with Crippen LogP contribution >= 0.6 is 12.2 Å². The summed E-state index contributed by atoms with van der Waals surface area (Å²) in [6, 6.07) is 1.94. The van der Waals surface area contributed by atoms with E-state index in [2.05, 4.69) is 9.97 Å². The molecule has 0 unspecified atom stereocenters. The van der Waals surface area contributed by atoms with Gasteiger partial charge in [0.25, 0.3) is 5.56 Å². The number of aromatic nitrogens is 2. The van der Waals surface area contributed by atoms with Gasteiger partial charge in [-0.25, -0.2) is 13.2 Å². The largest absolute Gasteiger partial charge is 0.335 e. The van der Waals surface area contributed by atoms with Crippen molar-refractivity contribution in [2.75, 3.05) is 6.54 Å². The quantitative estimate of drug-likeness (QED) is 0.658. The van der Waals surface area contributed by atoms with Gasteiger partial charge in [0, 0.05) is 31.7 Å². The van der Waals surface area contributed by atoms with E-state index in [1.807, 2.05) is 4.90 Å². The normalized spacial score (nSPS) is 14.9. The topological polar surface area (TPSA) is 51.9 Å². The fourth-order valence-electron chi connectivity index (χ4n) is 2.60. The average Bonchev–Trinajstić information content (AvgIpc) is 2.45. The van der Waals surface area contributed by atoms with Gasteiger partial charge in [-0.15, -0.1) is 0 Å². The Bertz CT molecular complexity index is 823. The second-order valence-electron chi connectivity index (χ2n) is 5.20. The highest BCUT2D eigenvalue weighted by atomic mass is 32.1. The highest BCUT2D eigenvalue weighted by Crippen LogP contribution is 2.19. The number of nitrogens with one attached hydrogen (secondary N) is 2. The van der Waals surface area contributed by atoms with Crippen LogP contribution in [0.1, 0.15) is 16.8 Å². The van der Waals surface area contributed by atoms with Gasteiger partial charge < -0.3 is 4.98 Å². The molecule has 2 N–H and O–H groups in total. The zero-order valence-corrected chi connectivity index (χ0v) is 12.2. The van der Waals surface area contributed by atoms with Crippen molar-refractivity contribution in [2.45, 2.75) is 19.5 Å². The second-order valence-corrected chi connectivity index (χ2v) is 5.61. The second kappa shape index (κ2) is 5.69. The van der Waals surface area contributed by atoms with Gasteiger partial charge >= 0.3 is 0 Å². The molecule has 1 aromatic carbocycles. The molecular weight excluding hydrogens is 315 g/mol. The summed E-state index contributed by atoms with van der Waals surface area (Å²) in [4.78, 5) is 19.2. The monoisotopic (exact) mass is 327 g/mol. The SMILES string of the molecule is O=c1[nH]c(=S)[nH]c2c1CN(Cc1cc(F)c(F)c(F)c1)CC2. The Kier molecular flexibility index (Phi) is 3.88. The van der Waals surface area contributed by atoms with Crippen LogP contribution in [0.25, 0.3) is 0 Å². The molecule has 1 aliphatic rings. The summed E-state index contributed by atoms with van der Waals surface area (Å²) in [5, 5.41) is 0. The molecule has 0 amide bonds. The number of rotatable bonds is 2. The third-order valence-electron chi connectivity index (χ3n) is 3.64. The maximum absolute atomic E-state index is 13.2. The predicted octanol–water partition coefficient (Wildman–Crippen LogP) is 2.41. The lowest BCUT2D eigenvalue weighted by atomic mass is 10.1. The Balaban J connectivity index is 1.84. The zero-order chi connectivity index (χ0) is 15.9. The smallest absolute Gasteiger partial charge is 0.256 e. The highest BCUT2D eigenvalue weighted by molar-refractivity contribution is 7.71. The molecular formula is C14H12F3N3OS. The van der Waals surface area contributed by atoms with Gasteiger partial charge in [-0.3, -0.25) is 14.7 Å². The van der Waals surface area contributed by atoms with Crippen molar-refractivity contribution in [1.82, 2.24) is 14.9 Å². The fourth-order valence-corrected chi connectivity index (χ4v) is 2.82. The van der Waals surface area contributed by atoms with Crippen molar-refractivity contribution in [3.8, 4) is 0 Å². The molecule has 116 valence electrons. The number of benzene rings is 1. The first-order valence-electron chi connectivity index (χ1n) is 6.64. The number of hydrogen-bond donors (Lipinski definition) is 2. The Morgan fingerprint density at radius 1 is 1.18 bits per heavy atom. The number of aromatic amines is 2. The number of hydrogen-bond acceptors (Lipinski definition) is 3. The first-order valence-corrected chi connectivity index (χ1v) is 7.05. The van der Waals surface area contributed by atoms with Crippen LogP contribution in [0.4, 0.5) is 13.2 Å². The molecule has 0 saturated carbocycles. The van der Waals surface area contributed by atoms with E-state index in [1.165, 1.54) is 0 Å². The fraction of sp³-hybridized carbons (Fsp3) is 0.286. The molecule has 0 bridgehead atoms. The molecule has 2 heterocycles. The van der Waals surface area contributed by atoms with Crippen LogP contribution in [-0.2, 0) is 19.5 Å². The molecule has 3 rings (SSSR count). The minimum atomic E-state index is -1.48. The Hall–Kier alpha value is -1.93. The zero-order valence-electron chi connectivity index (χ0n) is 11.4. The first kappa shape index (κ1) is 15.0. The van der Waals surface area contributed by atoms with Crippen molar-refractivity contribution in [1.29, 1.82) is 0 Å². The molecule has 0 aliphatic carbocycles. The predicted molar refractivity (Wildman–Crippen MR) is 76.4 cm³/mol. The van der Waals surface area contributed by atoms with Crippen molar-refractivity contribution < 1.29 is 13.2 Å².